The van der Waals surface area contributed by atoms with Gasteiger partial charge in [0.1, 0.15) is 0 Å². The molecule has 1 N–H and O–H groups in total. The lowest BCUT2D eigenvalue weighted by Gasteiger charge is -2.10. The fourth-order valence-corrected chi connectivity index (χ4v) is 1.88. The van der Waals surface area contributed by atoms with Crippen LogP contribution in [0.3, 0.4) is 0 Å². The average Bonchev–Trinajstić information content (AvgIpc) is 2.58. The number of nitrogens with zero attached hydrogens (tertiary/aromatic N) is 2. The van der Waals surface area contributed by atoms with Crippen molar-refractivity contribution in [3.63, 3.8) is 0 Å². The van der Waals surface area contributed by atoms with Gasteiger partial charge in [-0.3, -0.25) is 0 Å². The lowest BCUT2D eigenvalue weighted by Crippen LogP contribution is -2.24. The van der Waals surface area contributed by atoms with Crippen molar-refractivity contribution >= 4 is 6.08 Å². The van der Waals surface area contributed by atoms with Crippen molar-refractivity contribution in [1.29, 1.82) is 0 Å². The van der Waals surface area contributed by atoms with Crippen LogP contribution >= 0.6 is 0 Å². The van der Waals surface area contributed by atoms with Gasteiger partial charge in [0.05, 0.1) is 18.4 Å². The maximum atomic E-state index is 5.40. The van der Waals surface area contributed by atoms with Crippen molar-refractivity contribution in [2.24, 2.45) is 7.05 Å². The molecule has 0 spiro atoms. The van der Waals surface area contributed by atoms with Crippen LogP contribution in [0.4, 0.5) is 0 Å². The van der Waals surface area contributed by atoms with E-state index in [0.717, 1.165) is 30.1 Å². The van der Waals surface area contributed by atoms with Gasteiger partial charge >= 0.3 is 0 Å². The van der Waals surface area contributed by atoms with Crippen molar-refractivity contribution in [2.75, 3.05) is 13.7 Å². The summed E-state index contributed by atoms with van der Waals surface area (Å²) in [5.41, 5.74) is 3.45. The molecule has 18 heavy (non-hydrogen) atoms. The summed E-state index contributed by atoms with van der Waals surface area (Å²) in [7, 11) is 3.59. The molecular formula is C14H25N3O. The average molecular weight is 251 g/mol. The topological polar surface area (TPSA) is 39.1 Å². The van der Waals surface area contributed by atoms with Gasteiger partial charge in [-0.2, -0.15) is 5.10 Å². The normalized spacial score (nSPS) is 12.3. The van der Waals surface area contributed by atoms with Crippen LogP contribution in [-0.4, -0.2) is 29.5 Å². The number of aryl methyl sites for hydroxylation is 2. The van der Waals surface area contributed by atoms with Gasteiger partial charge in [0.15, 0.2) is 0 Å². The van der Waals surface area contributed by atoms with Crippen LogP contribution in [0.2, 0.25) is 0 Å². The third-order valence-corrected chi connectivity index (χ3v) is 2.95. The Hall–Kier alpha value is -1.29. The molecule has 1 aromatic rings. The maximum absolute atomic E-state index is 5.40. The first kappa shape index (κ1) is 14.8. The Bertz CT molecular complexity index is 419. The first-order valence-corrected chi connectivity index (χ1v) is 6.50. The molecule has 0 saturated heterocycles. The summed E-state index contributed by atoms with van der Waals surface area (Å²) in [6, 6.07) is 0.497. The number of nitrogens with one attached hydrogen (secondary N) is 1. The minimum absolute atomic E-state index is 0.497. The second kappa shape index (κ2) is 6.59. The highest BCUT2D eigenvalue weighted by Crippen LogP contribution is 2.24. The molecule has 0 unspecified atom stereocenters. The Labute approximate surface area is 110 Å². The number of rotatable bonds is 6. The van der Waals surface area contributed by atoms with Crippen LogP contribution in [0.1, 0.15) is 38.4 Å². The van der Waals surface area contributed by atoms with E-state index >= 15 is 0 Å². The highest BCUT2D eigenvalue weighted by atomic mass is 16.5. The van der Waals surface area contributed by atoms with Gasteiger partial charge in [-0.1, -0.05) is 26.3 Å². The van der Waals surface area contributed by atoms with E-state index in [-0.39, 0.29) is 0 Å². The van der Waals surface area contributed by atoms with E-state index < -0.39 is 0 Å². The molecule has 0 aliphatic rings. The minimum Gasteiger partial charge on any atom is -0.481 e. The summed E-state index contributed by atoms with van der Waals surface area (Å²) in [5.74, 6) is 0.822. The summed E-state index contributed by atoms with van der Waals surface area (Å²) in [6.07, 6.45) is 3.22. The lowest BCUT2D eigenvalue weighted by atomic mass is 10.1. The molecule has 0 radical (unpaired) electrons. The van der Waals surface area contributed by atoms with Crippen molar-refractivity contribution in [2.45, 2.75) is 40.2 Å². The number of hydrogen-bond acceptors (Lipinski definition) is 3. The molecule has 1 rings (SSSR count). The SMILES string of the molecule is CCC(=Cc1c(C)nn(C)c1OC)CNC(C)C. The largest absolute Gasteiger partial charge is 0.481 e. The molecule has 0 fully saturated rings. The molecule has 102 valence electrons. The van der Waals surface area contributed by atoms with Gasteiger partial charge in [-0.15, -0.1) is 0 Å². The Morgan fingerprint density at radius 2 is 2.17 bits per heavy atom. The van der Waals surface area contributed by atoms with Crippen molar-refractivity contribution in [3.05, 3.63) is 16.8 Å². The van der Waals surface area contributed by atoms with Crippen molar-refractivity contribution in [1.82, 2.24) is 15.1 Å². The molecule has 0 amide bonds. The van der Waals surface area contributed by atoms with Crippen molar-refractivity contribution < 1.29 is 4.74 Å². The van der Waals surface area contributed by atoms with Gasteiger partial charge < -0.3 is 10.1 Å². The standard InChI is InChI=1S/C14H25N3O/c1-7-12(9-15-10(2)3)8-13-11(4)16-17(5)14(13)18-6/h8,10,15H,7,9H2,1-6H3. The van der Waals surface area contributed by atoms with Crippen LogP contribution in [0.5, 0.6) is 5.88 Å². The predicted octanol–water partition coefficient (Wildman–Crippen LogP) is 2.53. The second-order valence-corrected chi connectivity index (χ2v) is 4.82. The molecular weight excluding hydrogens is 226 g/mol. The van der Waals surface area contributed by atoms with E-state index in [2.05, 4.69) is 37.3 Å². The first-order valence-electron chi connectivity index (χ1n) is 6.50. The quantitative estimate of drug-likeness (QED) is 0.844. The van der Waals surface area contributed by atoms with Gasteiger partial charge in [0.2, 0.25) is 5.88 Å². The molecule has 0 aromatic carbocycles. The first-order chi connectivity index (χ1) is 8.49. The predicted molar refractivity (Wildman–Crippen MR) is 75.9 cm³/mol. The molecule has 4 heteroatoms. The highest BCUT2D eigenvalue weighted by molar-refractivity contribution is 5.60. The van der Waals surface area contributed by atoms with Crippen LogP contribution in [-0.2, 0) is 7.05 Å². The van der Waals surface area contributed by atoms with Crippen LogP contribution < -0.4 is 10.1 Å². The molecule has 0 bridgehead atoms. The van der Waals surface area contributed by atoms with Gasteiger partial charge in [0.25, 0.3) is 0 Å². The molecule has 0 aliphatic carbocycles. The van der Waals surface area contributed by atoms with E-state index in [0.29, 0.717) is 6.04 Å². The van der Waals surface area contributed by atoms with E-state index in [9.17, 15) is 0 Å². The van der Waals surface area contributed by atoms with Crippen molar-refractivity contribution in [3.8, 4) is 5.88 Å². The lowest BCUT2D eigenvalue weighted by molar-refractivity contribution is 0.372. The molecule has 0 atom stereocenters. The van der Waals surface area contributed by atoms with Gasteiger partial charge in [-0.25, -0.2) is 4.68 Å². The van der Waals surface area contributed by atoms with E-state index in [1.165, 1.54) is 5.57 Å². The smallest absolute Gasteiger partial charge is 0.218 e. The molecule has 0 saturated carbocycles. The molecule has 0 aliphatic heterocycles. The van der Waals surface area contributed by atoms with Crippen LogP contribution in [0.25, 0.3) is 6.08 Å². The number of hydrogen-bond donors (Lipinski definition) is 1. The summed E-state index contributed by atoms with van der Waals surface area (Å²) in [4.78, 5) is 0. The van der Waals surface area contributed by atoms with E-state index in [1.54, 1.807) is 11.8 Å². The zero-order valence-electron chi connectivity index (χ0n) is 12.4. The number of methoxy groups -OCH3 is 1. The third kappa shape index (κ3) is 3.60. The Morgan fingerprint density at radius 3 is 2.67 bits per heavy atom. The fraction of sp³-hybridized carbons (Fsp3) is 0.643. The maximum Gasteiger partial charge on any atom is 0.218 e. The summed E-state index contributed by atoms with van der Waals surface area (Å²) in [6.45, 7) is 9.40. The van der Waals surface area contributed by atoms with E-state index in [1.807, 2.05) is 14.0 Å². The summed E-state index contributed by atoms with van der Waals surface area (Å²) in [5, 5.41) is 7.84. The Kier molecular flexibility index (Phi) is 5.41. The zero-order chi connectivity index (χ0) is 13.7. The van der Waals surface area contributed by atoms with E-state index in [4.69, 9.17) is 4.74 Å². The molecule has 4 nitrogen and oxygen atoms in total. The third-order valence-electron chi connectivity index (χ3n) is 2.95. The fourth-order valence-electron chi connectivity index (χ4n) is 1.88. The summed E-state index contributed by atoms with van der Waals surface area (Å²) < 4.78 is 7.19. The summed E-state index contributed by atoms with van der Waals surface area (Å²) >= 11 is 0. The minimum atomic E-state index is 0.497. The highest BCUT2D eigenvalue weighted by Gasteiger charge is 2.12. The zero-order valence-corrected chi connectivity index (χ0v) is 12.4. The van der Waals surface area contributed by atoms with Gasteiger partial charge in [0, 0.05) is 19.6 Å². The van der Waals surface area contributed by atoms with Crippen LogP contribution in [0.15, 0.2) is 5.57 Å². The second-order valence-electron chi connectivity index (χ2n) is 4.82. The Balaban J connectivity index is 2.97. The molecule has 1 heterocycles. The van der Waals surface area contributed by atoms with Gasteiger partial charge in [-0.05, 0) is 19.4 Å². The Morgan fingerprint density at radius 1 is 1.50 bits per heavy atom. The monoisotopic (exact) mass is 251 g/mol. The number of ether oxygens (including phenoxy) is 1. The number of aromatic nitrogens is 2. The van der Waals surface area contributed by atoms with Crippen LogP contribution in [0, 0.1) is 6.92 Å². The molecule has 1 aromatic heterocycles.